The van der Waals surface area contributed by atoms with Crippen LogP contribution in [-0.4, -0.2) is 49.0 Å². The van der Waals surface area contributed by atoms with E-state index in [-0.39, 0.29) is 12.6 Å². The highest BCUT2D eigenvalue weighted by atomic mass is 16.7. The van der Waals surface area contributed by atoms with Crippen LogP contribution >= 0.6 is 0 Å². The lowest BCUT2D eigenvalue weighted by atomic mass is 10.2. The smallest absolute Gasteiger partial charge is 0.352 e. The summed E-state index contributed by atoms with van der Waals surface area (Å²) in [6.07, 6.45) is 2.15. The van der Waals surface area contributed by atoms with Crippen LogP contribution in [-0.2, 0) is 14.4 Å². The molecule has 0 spiro atoms. The molecule has 0 aromatic rings. The minimum atomic E-state index is -0.356. The second-order valence-electron chi connectivity index (χ2n) is 3.32. The topological polar surface area (TPSA) is 59.0 Å². The van der Waals surface area contributed by atoms with Gasteiger partial charge >= 0.3 is 5.97 Å². The maximum Gasteiger partial charge on any atom is 0.352 e. The summed E-state index contributed by atoms with van der Waals surface area (Å²) < 4.78 is 5.13. The third kappa shape index (κ3) is 4.42. The van der Waals surface area contributed by atoms with Crippen LogP contribution in [0.5, 0.6) is 0 Å². The first kappa shape index (κ1) is 12.2. The van der Waals surface area contributed by atoms with Crippen molar-refractivity contribution >= 4 is 5.97 Å². The van der Waals surface area contributed by atoms with Gasteiger partial charge in [-0.3, -0.25) is 0 Å². The molecular formula is C10H17NO4. The summed E-state index contributed by atoms with van der Waals surface area (Å²) >= 11 is 0. The van der Waals surface area contributed by atoms with Crippen molar-refractivity contribution in [2.45, 2.75) is 13.3 Å². The van der Waals surface area contributed by atoms with E-state index in [1.807, 2.05) is 0 Å². The minimum absolute atomic E-state index is 0.0438. The Bertz CT molecular complexity index is 234. The van der Waals surface area contributed by atoms with Crippen LogP contribution in [0.25, 0.3) is 0 Å². The molecule has 1 heterocycles. The van der Waals surface area contributed by atoms with E-state index >= 15 is 0 Å². The minimum Gasteiger partial charge on any atom is -0.396 e. The van der Waals surface area contributed by atoms with Gasteiger partial charge in [0.25, 0.3) is 0 Å². The molecule has 1 saturated heterocycles. The molecule has 5 nitrogen and oxygen atoms in total. The second kappa shape index (κ2) is 6.55. The van der Waals surface area contributed by atoms with Gasteiger partial charge in [0.2, 0.25) is 0 Å². The lowest BCUT2D eigenvalue weighted by Gasteiger charge is -2.25. The number of aliphatic hydroxyl groups is 1. The van der Waals surface area contributed by atoms with Crippen molar-refractivity contribution < 1.29 is 19.5 Å². The van der Waals surface area contributed by atoms with Gasteiger partial charge in [-0.1, -0.05) is 6.08 Å². The summed E-state index contributed by atoms with van der Waals surface area (Å²) in [6, 6.07) is 0. The van der Waals surface area contributed by atoms with Gasteiger partial charge < -0.3 is 14.7 Å². The number of hydroxylamine groups is 2. The average molecular weight is 215 g/mol. The summed E-state index contributed by atoms with van der Waals surface area (Å²) in [5.41, 5.74) is 0.524. The maximum absolute atomic E-state index is 11.5. The third-order valence-electron chi connectivity index (χ3n) is 2.08. The molecule has 0 bridgehead atoms. The Hall–Kier alpha value is -0.910. The van der Waals surface area contributed by atoms with Gasteiger partial charge in [0.1, 0.15) is 0 Å². The lowest BCUT2D eigenvalue weighted by molar-refractivity contribution is -0.200. The number of ether oxygens (including phenoxy) is 1. The predicted molar refractivity (Wildman–Crippen MR) is 53.9 cm³/mol. The molecule has 1 rings (SSSR count). The molecule has 0 saturated carbocycles. The fourth-order valence-electron chi connectivity index (χ4n) is 1.19. The van der Waals surface area contributed by atoms with Crippen LogP contribution in [0.15, 0.2) is 11.6 Å². The van der Waals surface area contributed by atoms with Gasteiger partial charge in [-0.25, -0.2) is 4.79 Å². The molecule has 1 aliphatic heterocycles. The number of morpholine rings is 1. The van der Waals surface area contributed by atoms with Crippen LogP contribution < -0.4 is 0 Å². The van der Waals surface area contributed by atoms with Gasteiger partial charge in [-0.15, -0.1) is 5.06 Å². The molecule has 0 aromatic heterocycles. The molecular weight excluding hydrogens is 198 g/mol. The molecule has 15 heavy (non-hydrogen) atoms. The number of hydrogen-bond acceptors (Lipinski definition) is 5. The number of carbonyl (C=O) groups excluding carboxylic acids is 1. The first-order valence-corrected chi connectivity index (χ1v) is 5.06. The summed E-state index contributed by atoms with van der Waals surface area (Å²) in [7, 11) is 0. The van der Waals surface area contributed by atoms with E-state index in [9.17, 15) is 4.79 Å². The summed E-state index contributed by atoms with van der Waals surface area (Å²) in [5.74, 6) is -0.356. The van der Waals surface area contributed by atoms with Crippen molar-refractivity contribution in [2.24, 2.45) is 0 Å². The van der Waals surface area contributed by atoms with Crippen molar-refractivity contribution in [3.63, 3.8) is 0 Å². The van der Waals surface area contributed by atoms with Crippen molar-refractivity contribution in [3.05, 3.63) is 11.6 Å². The monoisotopic (exact) mass is 215 g/mol. The van der Waals surface area contributed by atoms with E-state index in [1.165, 1.54) is 0 Å². The van der Waals surface area contributed by atoms with Crippen LogP contribution in [0.2, 0.25) is 0 Å². The molecule has 86 valence electrons. The zero-order valence-corrected chi connectivity index (χ0v) is 8.94. The van der Waals surface area contributed by atoms with E-state index < -0.39 is 0 Å². The Kier molecular flexibility index (Phi) is 5.31. The molecule has 5 heteroatoms. The highest BCUT2D eigenvalue weighted by molar-refractivity contribution is 5.87. The molecule has 0 amide bonds. The second-order valence-corrected chi connectivity index (χ2v) is 3.32. The van der Waals surface area contributed by atoms with Crippen LogP contribution in [0.1, 0.15) is 13.3 Å². The van der Waals surface area contributed by atoms with Crippen molar-refractivity contribution in [2.75, 3.05) is 32.9 Å². The van der Waals surface area contributed by atoms with Crippen LogP contribution in [0.3, 0.4) is 0 Å². The number of hydrogen-bond donors (Lipinski definition) is 1. The van der Waals surface area contributed by atoms with Crippen LogP contribution in [0.4, 0.5) is 0 Å². The van der Waals surface area contributed by atoms with Gasteiger partial charge in [0.15, 0.2) is 0 Å². The first-order chi connectivity index (χ1) is 7.24. The number of rotatable bonds is 4. The predicted octanol–water partition coefficient (Wildman–Crippen LogP) is 0.105. The third-order valence-corrected chi connectivity index (χ3v) is 2.08. The lowest BCUT2D eigenvalue weighted by Crippen LogP contribution is -2.38. The Morgan fingerprint density at radius 2 is 2.20 bits per heavy atom. The number of nitrogens with zero attached hydrogens (tertiary/aromatic N) is 1. The molecule has 1 N–H and O–H groups in total. The first-order valence-electron chi connectivity index (χ1n) is 5.06. The average Bonchev–Trinajstić information content (AvgIpc) is 2.27. The molecule has 0 unspecified atom stereocenters. The zero-order chi connectivity index (χ0) is 11.1. The van der Waals surface area contributed by atoms with Crippen LogP contribution in [0, 0.1) is 0 Å². The molecule has 1 fully saturated rings. The van der Waals surface area contributed by atoms with E-state index in [2.05, 4.69) is 0 Å². The van der Waals surface area contributed by atoms with E-state index in [1.54, 1.807) is 18.1 Å². The Balaban J connectivity index is 2.33. The van der Waals surface area contributed by atoms with Gasteiger partial charge in [-0.2, -0.15) is 0 Å². The Morgan fingerprint density at radius 3 is 2.80 bits per heavy atom. The summed E-state index contributed by atoms with van der Waals surface area (Å²) in [4.78, 5) is 16.6. The summed E-state index contributed by atoms with van der Waals surface area (Å²) in [6.45, 7) is 4.12. The quantitative estimate of drug-likeness (QED) is 0.674. The molecule has 0 radical (unpaired) electrons. The van der Waals surface area contributed by atoms with E-state index in [0.29, 0.717) is 38.3 Å². The molecule has 0 atom stereocenters. The van der Waals surface area contributed by atoms with Crippen molar-refractivity contribution in [1.82, 2.24) is 5.06 Å². The van der Waals surface area contributed by atoms with Crippen molar-refractivity contribution in [1.29, 1.82) is 0 Å². The van der Waals surface area contributed by atoms with Crippen molar-refractivity contribution in [3.8, 4) is 0 Å². The zero-order valence-electron chi connectivity index (χ0n) is 8.94. The van der Waals surface area contributed by atoms with Gasteiger partial charge in [-0.05, 0) is 13.3 Å². The van der Waals surface area contributed by atoms with Gasteiger partial charge in [0, 0.05) is 12.2 Å². The standard InChI is InChI=1S/C10H17NO4/c1-9(3-2-6-12)10(13)15-11-4-7-14-8-5-11/h3,12H,2,4-8H2,1H3. The molecule has 0 aliphatic carbocycles. The van der Waals surface area contributed by atoms with Gasteiger partial charge in [0.05, 0.1) is 26.3 Å². The van der Waals surface area contributed by atoms with E-state index in [4.69, 9.17) is 14.7 Å². The Morgan fingerprint density at radius 1 is 1.53 bits per heavy atom. The number of aliphatic hydroxyl groups excluding tert-OH is 1. The van der Waals surface area contributed by atoms with E-state index in [0.717, 1.165) is 0 Å². The number of carbonyl (C=O) groups is 1. The fraction of sp³-hybridized carbons (Fsp3) is 0.700. The fourth-order valence-corrected chi connectivity index (χ4v) is 1.19. The normalized spacial score (nSPS) is 18.9. The summed E-state index contributed by atoms with van der Waals surface area (Å²) in [5, 5.41) is 10.2. The maximum atomic E-state index is 11.5. The molecule has 0 aromatic carbocycles. The SMILES string of the molecule is CC(=CCCO)C(=O)ON1CCOCC1. The Labute approximate surface area is 89.2 Å². The highest BCUT2D eigenvalue weighted by Crippen LogP contribution is 2.03. The molecule has 1 aliphatic rings. The highest BCUT2D eigenvalue weighted by Gasteiger charge is 2.15. The largest absolute Gasteiger partial charge is 0.396 e.